The molecule has 3 heterocycles. The Hall–Kier alpha value is -2.92. The first kappa shape index (κ1) is 20.4. The number of hydrogen-bond acceptors (Lipinski definition) is 8. The lowest BCUT2D eigenvalue weighted by molar-refractivity contribution is -0.117. The highest BCUT2D eigenvalue weighted by molar-refractivity contribution is 7.88. The zero-order valence-corrected chi connectivity index (χ0v) is 17.5. The Bertz CT molecular complexity index is 1140. The van der Waals surface area contributed by atoms with Crippen LogP contribution in [0.3, 0.4) is 0 Å². The van der Waals surface area contributed by atoms with E-state index in [4.69, 9.17) is 10.5 Å². The lowest BCUT2D eigenvalue weighted by Gasteiger charge is -2.27. The lowest BCUT2D eigenvalue weighted by atomic mass is 9.87. The molecule has 1 atom stereocenters. The molecule has 1 aromatic heterocycles. The molecule has 11 heteroatoms. The van der Waals surface area contributed by atoms with E-state index >= 15 is 0 Å². The number of nitrogens with two attached hydrogens (primary N) is 1. The number of rotatable bonds is 4. The number of aromatic nitrogens is 2. The first-order chi connectivity index (χ1) is 14.2. The van der Waals surface area contributed by atoms with Crippen molar-refractivity contribution in [2.45, 2.75) is 25.3 Å². The number of methoxy groups -OCH3 is 1. The fraction of sp³-hybridized carbons (Fsp3) is 0.421. The van der Waals surface area contributed by atoms with Crippen LogP contribution in [-0.4, -0.2) is 60.6 Å². The van der Waals surface area contributed by atoms with Gasteiger partial charge in [0, 0.05) is 18.7 Å². The van der Waals surface area contributed by atoms with Gasteiger partial charge >= 0.3 is 5.91 Å². The summed E-state index contributed by atoms with van der Waals surface area (Å²) in [4.78, 5) is 26.3. The molecule has 1 aromatic carbocycles. The monoisotopic (exact) mass is 433 g/mol. The number of sulfonamides is 1. The number of benzene rings is 1. The molecule has 0 saturated heterocycles. The standard InChI is InChI=1S/C19H23N5O5S/c1-29-15-5-3-4-11-12(6-8-21-16(11)15)17(25)19(26)24-14-10-23(30(2,27)28)9-7-13(14)18(20)22-24/h3-5,12,21H,6-10H2,1-2H3,(H2,20,22). The molecular weight excluding hydrogens is 410 g/mol. The third-order valence-corrected chi connectivity index (χ3v) is 6.89. The van der Waals surface area contributed by atoms with Crippen molar-refractivity contribution < 1.29 is 22.7 Å². The van der Waals surface area contributed by atoms with E-state index in [1.54, 1.807) is 25.3 Å². The maximum Gasteiger partial charge on any atom is 0.315 e. The van der Waals surface area contributed by atoms with Gasteiger partial charge in [-0.2, -0.15) is 8.99 Å². The number of carbonyl (C=O) groups excluding carboxylic acids is 2. The number of nitrogens with one attached hydrogen (secondary N) is 1. The van der Waals surface area contributed by atoms with Crippen LogP contribution in [0.2, 0.25) is 0 Å². The average molecular weight is 433 g/mol. The Morgan fingerprint density at radius 2 is 2.10 bits per heavy atom. The van der Waals surface area contributed by atoms with Crippen molar-refractivity contribution in [3.63, 3.8) is 0 Å². The van der Waals surface area contributed by atoms with Gasteiger partial charge in [0.1, 0.15) is 11.6 Å². The Kier molecular flexibility index (Phi) is 5.02. The highest BCUT2D eigenvalue weighted by Crippen LogP contribution is 2.38. The van der Waals surface area contributed by atoms with E-state index in [-0.39, 0.29) is 18.9 Å². The molecular formula is C19H23N5O5S. The predicted molar refractivity (Wildman–Crippen MR) is 110 cm³/mol. The van der Waals surface area contributed by atoms with Crippen molar-refractivity contribution in [2.24, 2.45) is 0 Å². The summed E-state index contributed by atoms with van der Waals surface area (Å²) in [6.45, 7) is 0.720. The van der Waals surface area contributed by atoms with Crippen molar-refractivity contribution >= 4 is 33.2 Å². The zero-order valence-electron chi connectivity index (χ0n) is 16.7. The number of anilines is 2. The van der Waals surface area contributed by atoms with E-state index in [0.717, 1.165) is 10.9 Å². The van der Waals surface area contributed by atoms with Crippen molar-refractivity contribution in [1.82, 2.24) is 14.1 Å². The van der Waals surface area contributed by atoms with Gasteiger partial charge in [-0.15, -0.1) is 5.10 Å². The molecule has 2 aliphatic rings. The number of Topliss-reactive ketones (excluding diaryl/α,β-unsaturated/α-hetero) is 1. The molecule has 3 N–H and O–H groups in total. The summed E-state index contributed by atoms with van der Waals surface area (Å²) in [5, 5.41) is 7.29. The Labute approximate surface area is 174 Å². The Morgan fingerprint density at radius 3 is 2.80 bits per heavy atom. The first-order valence-corrected chi connectivity index (χ1v) is 11.4. The summed E-state index contributed by atoms with van der Waals surface area (Å²) in [7, 11) is -1.92. The van der Waals surface area contributed by atoms with E-state index in [2.05, 4.69) is 10.4 Å². The van der Waals surface area contributed by atoms with E-state index in [0.29, 0.717) is 47.6 Å². The number of fused-ring (bicyclic) bond motifs is 2. The Morgan fingerprint density at radius 1 is 1.33 bits per heavy atom. The summed E-state index contributed by atoms with van der Waals surface area (Å²) in [6.07, 6.45) is 1.89. The predicted octanol–water partition coefficient (Wildman–Crippen LogP) is 0.600. The summed E-state index contributed by atoms with van der Waals surface area (Å²) in [5.41, 5.74) is 8.30. The number of nitrogen functional groups attached to an aromatic ring is 1. The minimum absolute atomic E-state index is 0.0476. The molecule has 1 unspecified atom stereocenters. The third-order valence-electron chi connectivity index (χ3n) is 5.64. The molecule has 160 valence electrons. The number of para-hydroxylation sites is 1. The average Bonchev–Trinajstić information content (AvgIpc) is 3.07. The fourth-order valence-corrected chi connectivity index (χ4v) is 4.87. The molecule has 2 aromatic rings. The van der Waals surface area contributed by atoms with Gasteiger partial charge < -0.3 is 15.8 Å². The largest absolute Gasteiger partial charge is 0.495 e. The van der Waals surface area contributed by atoms with Gasteiger partial charge in [-0.1, -0.05) is 12.1 Å². The quantitative estimate of drug-likeness (QED) is 0.669. The third kappa shape index (κ3) is 3.33. The Balaban J connectivity index is 1.69. The lowest BCUT2D eigenvalue weighted by Crippen LogP contribution is -2.38. The van der Waals surface area contributed by atoms with Gasteiger partial charge in [0.2, 0.25) is 15.8 Å². The molecule has 0 amide bonds. The van der Waals surface area contributed by atoms with Gasteiger partial charge in [-0.3, -0.25) is 9.59 Å². The van der Waals surface area contributed by atoms with Crippen LogP contribution in [0, 0.1) is 0 Å². The van der Waals surface area contributed by atoms with Gasteiger partial charge in [0.25, 0.3) is 0 Å². The number of hydrogen-bond donors (Lipinski definition) is 2. The van der Waals surface area contributed by atoms with Crippen LogP contribution in [0.4, 0.5) is 11.5 Å². The minimum Gasteiger partial charge on any atom is -0.495 e. The van der Waals surface area contributed by atoms with Crippen molar-refractivity contribution in [1.29, 1.82) is 0 Å². The second-order valence-corrected chi connectivity index (χ2v) is 9.41. The molecule has 4 rings (SSSR count). The van der Waals surface area contributed by atoms with Crippen LogP contribution in [-0.2, 0) is 27.8 Å². The number of nitrogens with zero attached hydrogens (tertiary/aromatic N) is 3. The zero-order chi connectivity index (χ0) is 21.6. The maximum absolute atomic E-state index is 13.2. The van der Waals surface area contributed by atoms with Gasteiger partial charge in [-0.25, -0.2) is 8.42 Å². The van der Waals surface area contributed by atoms with Crippen LogP contribution >= 0.6 is 0 Å². The fourth-order valence-electron chi connectivity index (χ4n) is 4.09. The summed E-state index contributed by atoms with van der Waals surface area (Å²) < 4.78 is 31.5. The minimum atomic E-state index is -3.46. The molecule has 0 fully saturated rings. The highest BCUT2D eigenvalue weighted by Gasteiger charge is 2.36. The van der Waals surface area contributed by atoms with Crippen LogP contribution < -0.4 is 15.8 Å². The molecule has 0 spiro atoms. The second kappa shape index (κ2) is 7.40. The van der Waals surface area contributed by atoms with Crippen LogP contribution in [0.25, 0.3) is 0 Å². The second-order valence-electron chi connectivity index (χ2n) is 7.43. The molecule has 2 aliphatic heterocycles. The van der Waals surface area contributed by atoms with Crippen molar-refractivity contribution in [3.8, 4) is 5.75 Å². The highest BCUT2D eigenvalue weighted by atomic mass is 32.2. The van der Waals surface area contributed by atoms with Gasteiger partial charge in [0.05, 0.1) is 37.2 Å². The first-order valence-electron chi connectivity index (χ1n) is 9.53. The topological polar surface area (TPSA) is 137 Å². The molecule has 0 aliphatic carbocycles. The SMILES string of the molecule is COc1cccc2c1NCCC2C(=O)C(=O)n1nc(N)c2c1CN(S(C)(=O)=O)CC2. The van der Waals surface area contributed by atoms with Crippen molar-refractivity contribution in [3.05, 3.63) is 35.0 Å². The van der Waals surface area contributed by atoms with E-state index in [1.807, 2.05) is 0 Å². The summed E-state index contributed by atoms with van der Waals surface area (Å²) >= 11 is 0. The number of ketones is 1. The van der Waals surface area contributed by atoms with Crippen LogP contribution in [0.5, 0.6) is 5.75 Å². The van der Waals surface area contributed by atoms with Gasteiger partial charge in [-0.05, 0) is 24.5 Å². The smallest absolute Gasteiger partial charge is 0.315 e. The maximum atomic E-state index is 13.2. The summed E-state index contributed by atoms with van der Waals surface area (Å²) in [5.74, 6) is -1.35. The molecule has 10 nitrogen and oxygen atoms in total. The molecule has 30 heavy (non-hydrogen) atoms. The van der Waals surface area contributed by atoms with Crippen LogP contribution in [0.1, 0.15) is 34.0 Å². The number of ether oxygens (including phenoxy) is 1. The van der Waals surface area contributed by atoms with Gasteiger partial charge in [0.15, 0.2) is 0 Å². The number of carbonyl (C=O) groups is 2. The van der Waals surface area contributed by atoms with Crippen molar-refractivity contribution in [2.75, 3.05) is 37.5 Å². The molecule has 0 radical (unpaired) electrons. The molecule has 0 saturated carbocycles. The molecule has 0 bridgehead atoms. The van der Waals surface area contributed by atoms with Crippen LogP contribution in [0.15, 0.2) is 18.2 Å². The van der Waals surface area contributed by atoms with E-state index < -0.39 is 27.6 Å². The van der Waals surface area contributed by atoms with E-state index in [9.17, 15) is 18.0 Å². The normalized spacial score (nSPS) is 18.8. The summed E-state index contributed by atoms with van der Waals surface area (Å²) in [6, 6.07) is 5.34. The van der Waals surface area contributed by atoms with E-state index in [1.165, 1.54) is 4.31 Å².